The molecule has 4 nitrogen and oxygen atoms in total. The van der Waals surface area contributed by atoms with Crippen LogP contribution in [0.1, 0.15) is 10.4 Å². The molecule has 0 aliphatic carbocycles. The lowest BCUT2D eigenvalue weighted by atomic mass is 10.1. The van der Waals surface area contributed by atoms with E-state index in [-0.39, 0.29) is 5.91 Å². The normalized spacial score (nSPS) is 14.6. The molecule has 0 atom stereocenters. The van der Waals surface area contributed by atoms with Gasteiger partial charge in [-0.1, -0.05) is 29.3 Å². The van der Waals surface area contributed by atoms with E-state index in [0.29, 0.717) is 28.7 Å². The Bertz CT molecular complexity index is 744. The van der Waals surface area contributed by atoms with Crippen molar-refractivity contribution in [1.82, 2.24) is 4.90 Å². The fourth-order valence-corrected chi connectivity index (χ4v) is 3.18. The van der Waals surface area contributed by atoms with Crippen LogP contribution in [0, 0.1) is 0 Å². The van der Waals surface area contributed by atoms with Crippen molar-refractivity contribution in [2.24, 2.45) is 0 Å². The van der Waals surface area contributed by atoms with E-state index in [1.165, 1.54) is 0 Å². The summed E-state index contributed by atoms with van der Waals surface area (Å²) in [4.78, 5) is 16.7. The number of ether oxygens (including phenoxy) is 1. The van der Waals surface area contributed by atoms with Gasteiger partial charge < -0.3 is 14.5 Å². The number of hydrogen-bond donors (Lipinski definition) is 0. The summed E-state index contributed by atoms with van der Waals surface area (Å²) in [5.41, 5.74) is 1.56. The van der Waals surface area contributed by atoms with E-state index >= 15 is 0 Å². The summed E-state index contributed by atoms with van der Waals surface area (Å²) in [6, 6.07) is 12.9. The first-order valence-corrected chi connectivity index (χ1v) is 8.47. The highest BCUT2D eigenvalue weighted by Gasteiger charge is 2.24. The van der Waals surface area contributed by atoms with Crippen LogP contribution in [0.3, 0.4) is 0 Å². The summed E-state index contributed by atoms with van der Waals surface area (Å²) < 4.78 is 5.27. The third kappa shape index (κ3) is 3.60. The molecule has 0 unspecified atom stereocenters. The largest absolute Gasteiger partial charge is 0.497 e. The van der Waals surface area contributed by atoms with Crippen molar-refractivity contribution < 1.29 is 9.53 Å². The predicted octanol–water partition coefficient (Wildman–Crippen LogP) is 3.96. The molecule has 1 saturated heterocycles. The summed E-state index contributed by atoms with van der Waals surface area (Å²) in [7, 11) is 1.66. The monoisotopic (exact) mass is 364 g/mol. The third-order valence-electron chi connectivity index (χ3n) is 4.14. The molecular weight excluding hydrogens is 347 g/mol. The minimum Gasteiger partial charge on any atom is -0.497 e. The van der Waals surface area contributed by atoms with Gasteiger partial charge in [-0.15, -0.1) is 0 Å². The van der Waals surface area contributed by atoms with Crippen molar-refractivity contribution >= 4 is 34.8 Å². The summed E-state index contributed by atoms with van der Waals surface area (Å²) in [5, 5.41) is 0.942. The van der Waals surface area contributed by atoms with E-state index in [1.807, 2.05) is 29.2 Å². The molecule has 24 heavy (non-hydrogen) atoms. The number of carbonyl (C=O) groups is 1. The maximum absolute atomic E-state index is 12.7. The molecule has 1 aliphatic rings. The maximum atomic E-state index is 12.7. The molecule has 2 aromatic rings. The molecule has 0 spiro atoms. The zero-order valence-electron chi connectivity index (χ0n) is 13.3. The number of amides is 1. The second-order valence-corrected chi connectivity index (χ2v) is 6.45. The van der Waals surface area contributed by atoms with E-state index in [4.69, 9.17) is 27.9 Å². The average Bonchev–Trinajstić information content (AvgIpc) is 2.63. The first kappa shape index (κ1) is 16.9. The highest BCUT2D eigenvalue weighted by molar-refractivity contribution is 6.35. The molecule has 0 aromatic heterocycles. The number of rotatable bonds is 3. The zero-order chi connectivity index (χ0) is 17.1. The number of methoxy groups -OCH3 is 1. The molecule has 3 rings (SSSR count). The van der Waals surface area contributed by atoms with Crippen molar-refractivity contribution in [1.29, 1.82) is 0 Å². The Morgan fingerprint density at radius 3 is 2.50 bits per heavy atom. The Kier molecular flexibility index (Phi) is 5.17. The van der Waals surface area contributed by atoms with Gasteiger partial charge in [-0.3, -0.25) is 4.79 Å². The van der Waals surface area contributed by atoms with Crippen LogP contribution >= 0.6 is 23.2 Å². The van der Waals surface area contributed by atoms with Crippen LogP contribution in [0.15, 0.2) is 42.5 Å². The van der Waals surface area contributed by atoms with E-state index < -0.39 is 0 Å². The van der Waals surface area contributed by atoms with Gasteiger partial charge in [0.1, 0.15) is 5.75 Å². The molecule has 1 amide bonds. The molecule has 6 heteroatoms. The van der Waals surface area contributed by atoms with Gasteiger partial charge in [-0.2, -0.15) is 0 Å². The van der Waals surface area contributed by atoms with Gasteiger partial charge in [-0.05, 0) is 30.3 Å². The first-order chi connectivity index (χ1) is 11.6. The van der Waals surface area contributed by atoms with Crippen LogP contribution in [-0.4, -0.2) is 44.1 Å². The highest BCUT2D eigenvalue weighted by Crippen LogP contribution is 2.25. The van der Waals surface area contributed by atoms with E-state index in [1.54, 1.807) is 25.3 Å². The zero-order valence-corrected chi connectivity index (χ0v) is 14.8. The Hall–Kier alpha value is -1.91. The van der Waals surface area contributed by atoms with Gasteiger partial charge >= 0.3 is 0 Å². The van der Waals surface area contributed by atoms with Crippen molar-refractivity contribution in [3.8, 4) is 5.75 Å². The Balaban J connectivity index is 1.68. The fourth-order valence-electron chi connectivity index (χ4n) is 2.81. The van der Waals surface area contributed by atoms with Crippen molar-refractivity contribution in [3.05, 3.63) is 58.1 Å². The van der Waals surface area contributed by atoms with Gasteiger partial charge in [0.25, 0.3) is 5.91 Å². The number of hydrogen-bond acceptors (Lipinski definition) is 3. The Labute approximate surface area is 151 Å². The van der Waals surface area contributed by atoms with Crippen LogP contribution in [0.4, 0.5) is 5.69 Å². The lowest BCUT2D eigenvalue weighted by Crippen LogP contribution is -2.48. The third-order valence-corrected chi connectivity index (χ3v) is 4.71. The SMILES string of the molecule is COc1cccc(N2CCN(C(=O)c3cc(Cl)ccc3Cl)CC2)c1. The summed E-state index contributed by atoms with van der Waals surface area (Å²) in [5.74, 6) is 0.754. The second-order valence-electron chi connectivity index (χ2n) is 5.60. The number of carbonyl (C=O) groups excluding carboxylic acids is 1. The van der Waals surface area contributed by atoms with Gasteiger partial charge in [0.15, 0.2) is 0 Å². The lowest BCUT2D eigenvalue weighted by Gasteiger charge is -2.36. The van der Waals surface area contributed by atoms with Crippen molar-refractivity contribution in [2.45, 2.75) is 0 Å². The average molecular weight is 365 g/mol. The molecular formula is C18H18Cl2N2O2. The molecule has 0 saturated carbocycles. The van der Waals surface area contributed by atoms with Crippen LogP contribution in [-0.2, 0) is 0 Å². The summed E-state index contributed by atoms with van der Waals surface area (Å²) in [6.45, 7) is 2.80. The molecule has 1 heterocycles. The lowest BCUT2D eigenvalue weighted by molar-refractivity contribution is 0.0747. The molecule has 126 valence electrons. The number of halogens is 2. The van der Waals surface area contributed by atoms with Crippen molar-refractivity contribution in [3.63, 3.8) is 0 Å². The summed E-state index contributed by atoms with van der Waals surface area (Å²) in [6.07, 6.45) is 0. The molecule has 0 N–H and O–H groups in total. The minimum absolute atomic E-state index is 0.0761. The molecule has 1 fully saturated rings. The quantitative estimate of drug-likeness (QED) is 0.825. The van der Waals surface area contributed by atoms with Gasteiger partial charge in [-0.25, -0.2) is 0 Å². The van der Waals surface area contributed by atoms with Crippen LogP contribution in [0.5, 0.6) is 5.75 Å². The highest BCUT2D eigenvalue weighted by atomic mass is 35.5. The van der Waals surface area contributed by atoms with Crippen LogP contribution < -0.4 is 9.64 Å². The smallest absolute Gasteiger partial charge is 0.255 e. The van der Waals surface area contributed by atoms with E-state index in [9.17, 15) is 4.79 Å². The topological polar surface area (TPSA) is 32.8 Å². The minimum atomic E-state index is -0.0761. The van der Waals surface area contributed by atoms with E-state index in [2.05, 4.69) is 4.90 Å². The van der Waals surface area contributed by atoms with E-state index in [0.717, 1.165) is 24.5 Å². The maximum Gasteiger partial charge on any atom is 0.255 e. The van der Waals surface area contributed by atoms with Gasteiger partial charge in [0.2, 0.25) is 0 Å². The number of piperazine rings is 1. The Morgan fingerprint density at radius 1 is 1.04 bits per heavy atom. The van der Waals surface area contributed by atoms with Gasteiger partial charge in [0.05, 0.1) is 17.7 Å². The number of nitrogens with zero attached hydrogens (tertiary/aromatic N) is 2. The van der Waals surface area contributed by atoms with Gasteiger partial charge in [0, 0.05) is 43.0 Å². The number of anilines is 1. The molecule has 0 bridgehead atoms. The molecule has 2 aromatic carbocycles. The Morgan fingerprint density at radius 2 is 1.79 bits per heavy atom. The fraction of sp³-hybridized carbons (Fsp3) is 0.278. The molecule has 0 radical (unpaired) electrons. The number of benzene rings is 2. The summed E-state index contributed by atoms with van der Waals surface area (Å²) >= 11 is 12.1. The second kappa shape index (κ2) is 7.32. The predicted molar refractivity (Wildman–Crippen MR) is 97.6 cm³/mol. The van der Waals surface area contributed by atoms with Crippen LogP contribution in [0.25, 0.3) is 0 Å². The first-order valence-electron chi connectivity index (χ1n) is 7.72. The van der Waals surface area contributed by atoms with Crippen molar-refractivity contribution in [2.75, 3.05) is 38.2 Å². The molecule has 1 aliphatic heterocycles. The van der Waals surface area contributed by atoms with Crippen LogP contribution in [0.2, 0.25) is 10.0 Å². The standard InChI is InChI=1S/C18H18Cl2N2O2/c1-24-15-4-2-3-14(12-15)21-7-9-22(10-8-21)18(23)16-11-13(19)5-6-17(16)20/h2-6,11-12H,7-10H2,1H3.